The highest BCUT2D eigenvalue weighted by Crippen LogP contribution is 2.40. The van der Waals surface area contributed by atoms with Crippen LogP contribution in [0.5, 0.6) is 0 Å². The Morgan fingerprint density at radius 2 is 2.00 bits per heavy atom. The average molecular weight is 298 g/mol. The second-order valence-corrected chi connectivity index (χ2v) is 7.90. The molecule has 116 valence electrons. The number of thioether (sulfide) groups is 1. The Morgan fingerprint density at radius 1 is 1.15 bits per heavy atom. The fourth-order valence-electron chi connectivity index (χ4n) is 4.37. The molecule has 2 heterocycles. The molecule has 2 N–H and O–H groups in total. The largest absolute Gasteiger partial charge is 0.374 e. The zero-order valence-corrected chi connectivity index (χ0v) is 13.5. The molecular formula is C16H30N2OS. The van der Waals surface area contributed by atoms with Gasteiger partial charge in [0.25, 0.3) is 0 Å². The van der Waals surface area contributed by atoms with Crippen LogP contribution in [0.4, 0.5) is 0 Å². The maximum atomic E-state index is 6.19. The van der Waals surface area contributed by atoms with E-state index in [1.54, 1.807) is 0 Å². The maximum absolute atomic E-state index is 6.19. The van der Waals surface area contributed by atoms with Gasteiger partial charge in [0.1, 0.15) is 0 Å². The van der Waals surface area contributed by atoms with Gasteiger partial charge < -0.3 is 10.5 Å². The van der Waals surface area contributed by atoms with Crippen LogP contribution in [-0.2, 0) is 4.74 Å². The van der Waals surface area contributed by atoms with Crippen molar-refractivity contribution in [3.63, 3.8) is 0 Å². The molecule has 1 aliphatic carbocycles. The smallest absolute Gasteiger partial charge is 0.0795 e. The van der Waals surface area contributed by atoms with Crippen LogP contribution in [0.3, 0.4) is 0 Å². The van der Waals surface area contributed by atoms with E-state index in [0.29, 0.717) is 6.04 Å². The van der Waals surface area contributed by atoms with E-state index in [9.17, 15) is 0 Å². The first-order valence-corrected chi connectivity index (χ1v) is 9.66. The third-order valence-electron chi connectivity index (χ3n) is 5.43. The second-order valence-electron chi connectivity index (χ2n) is 6.80. The summed E-state index contributed by atoms with van der Waals surface area (Å²) >= 11 is 2.07. The van der Waals surface area contributed by atoms with Gasteiger partial charge in [-0.15, -0.1) is 0 Å². The first-order valence-electron chi connectivity index (χ1n) is 8.50. The summed E-state index contributed by atoms with van der Waals surface area (Å²) < 4.78 is 6.19. The normalized spacial score (nSPS) is 36.0. The van der Waals surface area contributed by atoms with Gasteiger partial charge in [0.15, 0.2) is 0 Å². The second kappa shape index (κ2) is 6.99. The van der Waals surface area contributed by atoms with Crippen molar-refractivity contribution in [2.75, 3.05) is 31.2 Å². The fraction of sp³-hybridized carbons (Fsp3) is 1.00. The Bertz CT molecular complexity index is 301. The van der Waals surface area contributed by atoms with Gasteiger partial charge in [0, 0.05) is 37.5 Å². The van der Waals surface area contributed by atoms with Crippen LogP contribution < -0.4 is 5.73 Å². The SMILES string of the molecule is NCCN(C1CCCCC1)C1CCOC2(CCSC2)C1. The van der Waals surface area contributed by atoms with Crippen molar-refractivity contribution in [2.45, 2.75) is 69.1 Å². The van der Waals surface area contributed by atoms with Gasteiger partial charge in [-0.1, -0.05) is 19.3 Å². The van der Waals surface area contributed by atoms with Crippen LogP contribution in [0.1, 0.15) is 51.4 Å². The molecule has 3 fully saturated rings. The highest BCUT2D eigenvalue weighted by atomic mass is 32.2. The monoisotopic (exact) mass is 298 g/mol. The summed E-state index contributed by atoms with van der Waals surface area (Å²) in [4.78, 5) is 2.77. The molecule has 2 aliphatic heterocycles. The topological polar surface area (TPSA) is 38.5 Å². The lowest BCUT2D eigenvalue weighted by Crippen LogP contribution is -2.53. The van der Waals surface area contributed by atoms with E-state index in [-0.39, 0.29) is 5.60 Å². The third-order valence-corrected chi connectivity index (χ3v) is 6.66. The lowest BCUT2D eigenvalue weighted by Gasteiger charge is -2.46. The Hall–Kier alpha value is 0.230. The Morgan fingerprint density at radius 3 is 2.70 bits per heavy atom. The van der Waals surface area contributed by atoms with E-state index < -0.39 is 0 Å². The van der Waals surface area contributed by atoms with Crippen LogP contribution >= 0.6 is 11.8 Å². The molecule has 3 rings (SSSR count). The fourth-order valence-corrected chi connectivity index (χ4v) is 5.75. The highest BCUT2D eigenvalue weighted by Gasteiger charge is 2.42. The lowest BCUT2D eigenvalue weighted by molar-refractivity contribution is -0.0966. The van der Waals surface area contributed by atoms with Gasteiger partial charge in [-0.2, -0.15) is 11.8 Å². The molecule has 20 heavy (non-hydrogen) atoms. The van der Waals surface area contributed by atoms with E-state index in [1.807, 2.05) is 0 Å². The van der Waals surface area contributed by atoms with E-state index in [4.69, 9.17) is 10.5 Å². The van der Waals surface area contributed by atoms with Gasteiger partial charge in [-0.05, 0) is 37.9 Å². The number of nitrogens with two attached hydrogens (primary N) is 1. The van der Waals surface area contributed by atoms with Crippen LogP contribution in [0, 0.1) is 0 Å². The molecule has 0 radical (unpaired) electrons. The van der Waals surface area contributed by atoms with Crippen molar-refractivity contribution in [1.82, 2.24) is 4.90 Å². The summed E-state index contributed by atoms with van der Waals surface area (Å²) in [6.45, 7) is 2.84. The van der Waals surface area contributed by atoms with Crippen LogP contribution in [0.2, 0.25) is 0 Å². The quantitative estimate of drug-likeness (QED) is 0.866. The van der Waals surface area contributed by atoms with Crippen molar-refractivity contribution in [2.24, 2.45) is 5.73 Å². The van der Waals surface area contributed by atoms with Crippen molar-refractivity contribution >= 4 is 11.8 Å². The van der Waals surface area contributed by atoms with Crippen molar-refractivity contribution in [3.05, 3.63) is 0 Å². The molecule has 0 aromatic carbocycles. The molecule has 2 unspecified atom stereocenters. The summed E-state index contributed by atoms with van der Waals surface area (Å²) in [5.41, 5.74) is 6.11. The molecular weight excluding hydrogens is 268 g/mol. The minimum atomic E-state index is 0.203. The van der Waals surface area contributed by atoms with Gasteiger partial charge >= 0.3 is 0 Å². The Kier molecular flexibility index (Phi) is 5.29. The lowest BCUT2D eigenvalue weighted by atomic mass is 9.86. The molecule has 1 saturated carbocycles. The average Bonchev–Trinajstić information content (AvgIpc) is 2.93. The highest BCUT2D eigenvalue weighted by molar-refractivity contribution is 7.99. The molecule has 0 aromatic rings. The molecule has 0 aromatic heterocycles. The van der Waals surface area contributed by atoms with Gasteiger partial charge in [0.05, 0.1) is 5.60 Å². The molecule has 0 amide bonds. The van der Waals surface area contributed by atoms with E-state index in [1.165, 1.54) is 62.9 Å². The van der Waals surface area contributed by atoms with Gasteiger partial charge in [-0.3, -0.25) is 4.90 Å². The molecule has 2 atom stereocenters. The van der Waals surface area contributed by atoms with E-state index >= 15 is 0 Å². The van der Waals surface area contributed by atoms with Crippen LogP contribution in [0.25, 0.3) is 0 Å². The maximum Gasteiger partial charge on any atom is 0.0795 e. The summed E-state index contributed by atoms with van der Waals surface area (Å²) in [5, 5.41) is 0. The number of hydrogen-bond acceptors (Lipinski definition) is 4. The van der Waals surface area contributed by atoms with Crippen LogP contribution in [0.15, 0.2) is 0 Å². The predicted molar refractivity (Wildman–Crippen MR) is 86.3 cm³/mol. The minimum absolute atomic E-state index is 0.203. The summed E-state index contributed by atoms with van der Waals surface area (Å²) in [7, 11) is 0. The van der Waals surface area contributed by atoms with Gasteiger partial charge in [0.2, 0.25) is 0 Å². The first kappa shape index (κ1) is 15.1. The number of ether oxygens (including phenoxy) is 1. The molecule has 3 aliphatic rings. The molecule has 1 spiro atoms. The zero-order chi connectivity index (χ0) is 13.8. The van der Waals surface area contributed by atoms with Crippen molar-refractivity contribution in [1.29, 1.82) is 0 Å². The van der Waals surface area contributed by atoms with Crippen molar-refractivity contribution in [3.8, 4) is 0 Å². The Labute approximate surface area is 128 Å². The predicted octanol–water partition coefficient (Wildman–Crippen LogP) is 2.63. The minimum Gasteiger partial charge on any atom is -0.374 e. The number of nitrogens with zero attached hydrogens (tertiary/aromatic N) is 1. The Balaban J connectivity index is 1.66. The summed E-state index contributed by atoms with van der Waals surface area (Å²) in [6.07, 6.45) is 10.8. The molecule has 0 bridgehead atoms. The standard InChI is InChI=1S/C16H30N2OS/c17-8-9-18(14-4-2-1-3-5-14)15-6-10-19-16(12-15)7-11-20-13-16/h14-15H,1-13,17H2. The number of hydrogen-bond donors (Lipinski definition) is 1. The van der Waals surface area contributed by atoms with Crippen LogP contribution in [-0.4, -0.2) is 53.8 Å². The van der Waals surface area contributed by atoms with Gasteiger partial charge in [-0.25, -0.2) is 0 Å². The van der Waals surface area contributed by atoms with E-state index in [0.717, 1.165) is 25.7 Å². The summed E-state index contributed by atoms with van der Waals surface area (Å²) in [5.74, 6) is 2.50. The molecule has 2 saturated heterocycles. The summed E-state index contributed by atoms with van der Waals surface area (Å²) in [6, 6.07) is 1.51. The van der Waals surface area contributed by atoms with E-state index in [2.05, 4.69) is 16.7 Å². The van der Waals surface area contributed by atoms with Crippen molar-refractivity contribution < 1.29 is 4.74 Å². The molecule has 4 heteroatoms. The zero-order valence-electron chi connectivity index (χ0n) is 12.7. The first-order chi connectivity index (χ1) is 9.83. The molecule has 3 nitrogen and oxygen atoms in total. The third kappa shape index (κ3) is 3.34. The number of rotatable bonds is 4.